The predicted molar refractivity (Wildman–Crippen MR) is 52.9 cm³/mol. The largest absolute Gasteiger partial charge is 0.338 e. The van der Waals surface area contributed by atoms with Gasteiger partial charge in [-0.2, -0.15) is 5.06 Å². The van der Waals surface area contributed by atoms with Crippen molar-refractivity contribution in [1.82, 2.24) is 5.06 Å². The smallest absolute Gasteiger partial charge is 0.329 e. The lowest BCUT2D eigenvalue weighted by molar-refractivity contribution is -0.175. The second kappa shape index (κ2) is 3.73. The zero-order valence-corrected chi connectivity index (χ0v) is 8.40. The van der Waals surface area contributed by atoms with Gasteiger partial charge in [0.15, 0.2) is 0 Å². The maximum absolute atomic E-state index is 11.8. The van der Waals surface area contributed by atoms with E-state index in [1.54, 1.807) is 12.1 Å². The van der Waals surface area contributed by atoms with E-state index in [1.165, 1.54) is 6.92 Å². The number of amides is 1. The van der Waals surface area contributed by atoms with E-state index in [-0.39, 0.29) is 5.91 Å². The van der Waals surface area contributed by atoms with Crippen LogP contribution in [0.5, 0.6) is 0 Å². The molecule has 0 saturated carbocycles. The summed E-state index contributed by atoms with van der Waals surface area (Å²) in [7, 11) is 0. The summed E-state index contributed by atoms with van der Waals surface area (Å²) in [6.45, 7) is 1.71. The Morgan fingerprint density at radius 1 is 1.40 bits per heavy atom. The van der Waals surface area contributed by atoms with Gasteiger partial charge in [-0.05, 0) is 18.1 Å². The number of benzene rings is 1. The maximum Gasteiger partial charge on any atom is 0.329 e. The van der Waals surface area contributed by atoms with Crippen LogP contribution in [-0.4, -0.2) is 23.5 Å². The monoisotopic (exact) mass is 205 g/mol. The number of nitrogens with zero attached hydrogens (tertiary/aromatic N) is 1. The van der Waals surface area contributed by atoms with Crippen molar-refractivity contribution in [3.63, 3.8) is 0 Å². The van der Waals surface area contributed by atoms with Crippen LogP contribution < -0.4 is 0 Å². The standard InChI is InChI=1S/C11H11NO3/c1-8(13)15-12-7-6-9-4-2-3-5-10(9)11(12)14/h2-5H,6-7H2,1H3. The molecule has 78 valence electrons. The number of rotatable bonds is 1. The van der Waals surface area contributed by atoms with Crippen LogP contribution in [0.4, 0.5) is 0 Å². The molecule has 1 amide bonds. The van der Waals surface area contributed by atoms with Gasteiger partial charge in [0.05, 0.1) is 6.54 Å². The van der Waals surface area contributed by atoms with Gasteiger partial charge in [0.1, 0.15) is 0 Å². The maximum atomic E-state index is 11.8. The summed E-state index contributed by atoms with van der Waals surface area (Å²) in [6, 6.07) is 7.35. The molecule has 0 saturated heterocycles. The molecule has 0 aliphatic carbocycles. The van der Waals surface area contributed by atoms with Crippen molar-refractivity contribution in [3.05, 3.63) is 35.4 Å². The van der Waals surface area contributed by atoms with E-state index in [4.69, 9.17) is 4.84 Å². The van der Waals surface area contributed by atoms with Gasteiger partial charge in [0, 0.05) is 12.5 Å². The average Bonchev–Trinajstić information content (AvgIpc) is 2.22. The fraction of sp³-hybridized carbons (Fsp3) is 0.273. The molecule has 1 aliphatic heterocycles. The molecule has 0 fully saturated rings. The molecule has 1 aromatic carbocycles. The minimum atomic E-state index is -0.470. The van der Waals surface area contributed by atoms with Crippen molar-refractivity contribution in [2.45, 2.75) is 13.3 Å². The summed E-state index contributed by atoms with van der Waals surface area (Å²) in [5, 5.41) is 1.12. The van der Waals surface area contributed by atoms with Gasteiger partial charge in [-0.1, -0.05) is 18.2 Å². The van der Waals surface area contributed by atoms with Crippen LogP contribution in [0, 0.1) is 0 Å². The third-order valence-corrected chi connectivity index (χ3v) is 2.30. The number of hydrogen-bond donors (Lipinski definition) is 0. The summed E-state index contributed by atoms with van der Waals surface area (Å²) < 4.78 is 0. The molecule has 0 spiro atoms. The van der Waals surface area contributed by atoms with Crippen LogP contribution in [0.15, 0.2) is 24.3 Å². The Balaban J connectivity index is 2.26. The molecule has 4 heteroatoms. The first-order valence-electron chi connectivity index (χ1n) is 4.77. The number of hydrogen-bond acceptors (Lipinski definition) is 3. The highest BCUT2D eigenvalue weighted by Crippen LogP contribution is 2.18. The molecule has 1 heterocycles. The molecule has 1 aliphatic rings. The first-order chi connectivity index (χ1) is 7.18. The molecule has 15 heavy (non-hydrogen) atoms. The highest BCUT2D eigenvalue weighted by molar-refractivity contribution is 5.96. The van der Waals surface area contributed by atoms with Crippen LogP contribution in [0.1, 0.15) is 22.8 Å². The molecule has 0 aromatic heterocycles. The molecule has 0 N–H and O–H groups in total. The lowest BCUT2D eigenvalue weighted by Gasteiger charge is -2.26. The molecule has 4 nitrogen and oxygen atoms in total. The zero-order chi connectivity index (χ0) is 10.8. The third-order valence-electron chi connectivity index (χ3n) is 2.30. The summed E-state index contributed by atoms with van der Waals surface area (Å²) in [5.74, 6) is -0.713. The van der Waals surface area contributed by atoms with Crippen LogP contribution >= 0.6 is 0 Å². The van der Waals surface area contributed by atoms with Gasteiger partial charge in [0.2, 0.25) is 0 Å². The molecule has 0 bridgehead atoms. The Morgan fingerprint density at radius 2 is 2.13 bits per heavy atom. The third kappa shape index (κ3) is 1.83. The van der Waals surface area contributed by atoms with Gasteiger partial charge in [-0.3, -0.25) is 9.59 Å². The SMILES string of the molecule is CC(=O)ON1CCc2ccccc2C1=O. The van der Waals surface area contributed by atoms with Crippen molar-refractivity contribution < 1.29 is 14.4 Å². The number of carbonyl (C=O) groups excluding carboxylic acids is 2. The van der Waals surface area contributed by atoms with Crippen molar-refractivity contribution in [1.29, 1.82) is 0 Å². The van der Waals surface area contributed by atoms with Gasteiger partial charge < -0.3 is 4.84 Å². The van der Waals surface area contributed by atoms with Crippen molar-refractivity contribution in [3.8, 4) is 0 Å². The van der Waals surface area contributed by atoms with Gasteiger partial charge >= 0.3 is 5.97 Å². The molecular weight excluding hydrogens is 194 g/mol. The predicted octanol–water partition coefficient (Wildman–Crippen LogP) is 1.16. The lowest BCUT2D eigenvalue weighted by Crippen LogP contribution is -2.38. The minimum Gasteiger partial charge on any atom is -0.338 e. The van der Waals surface area contributed by atoms with Crippen LogP contribution in [-0.2, 0) is 16.1 Å². The molecule has 1 aromatic rings. The average molecular weight is 205 g/mol. The fourth-order valence-electron chi connectivity index (χ4n) is 1.65. The second-order valence-corrected chi connectivity index (χ2v) is 3.40. The van der Waals surface area contributed by atoms with E-state index in [0.717, 1.165) is 17.0 Å². The molecule has 0 unspecified atom stereocenters. The zero-order valence-electron chi connectivity index (χ0n) is 8.40. The Morgan fingerprint density at radius 3 is 2.87 bits per heavy atom. The van der Waals surface area contributed by atoms with Crippen molar-refractivity contribution >= 4 is 11.9 Å². The van der Waals surface area contributed by atoms with Crippen molar-refractivity contribution in [2.75, 3.05) is 6.54 Å². The van der Waals surface area contributed by atoms with Gasteiger partial charge in [-0.25, -0.2) is 0 Å². The quantitative estimate of drug-likeness (QED) is 0.691. The minimum absolute atomic E-state index is 0.243. The highest BCUT2D eigenvalue weighted by Gasteiger charge is 2.25. The number of carbonyl (C=O) groups is 2. The Hall–Kier alpha value is -1.84. The number of hydroxylamine groups is 2. The van der Waals surface area contributed by atoms with Crippen LogP contribution in [0.25, 0.3) is 0 Å². The summed E-state index contributed by atoms with van der Waals surface area (Å²) >= 11 is 0. The van der Waals surface area contributed by atoms with E-state index in [9.17, 15) is 9.59 Å². The van der Waals surface area contributed by atoms with Crippen LogP contribution in [0.3, 0.4) is 0 Å². The molecule has 0 radical (unpaired) electrons. The Bertz CT molecular complexity index is 414. The summed E-state index contributed by atoms with van der Waals surface area (Å²) in [4.78, 5) is 27.4. The summed E-state index contributed by atoms with van der Waals surface area (Å²) in [5.41, 5.74) is 1.62. The summed E-state index contributed by atoms with van der Waals surface area (Å²) in [6.07, 6.45) is 0.717. The molecule has 0 atom stereocenters. The van der Waals surface area contributed by atoms with Crippen LogP contribution in [0.2, 0.25) is 0 Å². The van der Waals surface area contributed by atoms with Gasteiger partial charge in [0.25, 0.3) is 5.91 Å². The Labute approximate surface area is 87.4 Å². The van der Waals surface area contributed by atoms with E-state index in [2.05, 4.69) is 0 Å². The fourth-order valence-corrected chi connectivity index (χ4v) is 1.65. The normalized spacial score (nSPS) is 14.7. The topological polar surface area (TPSA) is 46.6 Å². The first kappa shape index (κ1) is 9.71. The lowest BCUT2D eigenvalue weighted by atomic mass is 10.0. The van der Waals surface area contributed by atoms with E-state index >= 15 is 0 Å². The second-order valence-electron chi connectivity index (χ2n) is 3.40. The van der Waals surface area contributed by atoms with E-state index in [1.807, 2.05) is 12.1 Å². The molecular formula is C11H11NO3. The first-order valence-corrected chi connectivity index (χ1v) is 4.77. The van der Waals surface area contributed by atoms with Gasteiger partial charge in [-0.15, -0.1) is 0 Å². The van der Waals surface area contributed by atoms with Crippen molar-refractivity contribution in [2.24, 2.45) is 0 Å². The Kier molecular flexibility index (Phi) is 2.41. The van der Waals surface area contributed by atoms with E-state index in [0.29, 0.717) is 12.1 Å². The number of fused-ring (bicyclic) bond motifs is 1. The highest BCUT2D eigenvalue weighted by atomic mass is 16.7. The van der Waals surface area contributed by atoms with E-state index < -0.39 is 5.97 Å². The molecule has 2 rings (SSSR count).